The average molecular weight is 1610 g/mol. The van der Waals surface area contributed by atoms with Gasteiger partial charge in [-0.1, -0.05) is 206 Å². The van der Waals surface area contributed by atoms with Gasteiger partial charge in [-0.05, 0) is 186 Å². The third-order valence-corrected chi connectivity index (χ3v) is 20.8. The van der Waals surface area contributed by atoms with E-state index in [1.54, 1.807) is 83.9 Å². The second-order valence-electron chi connectivity index (χ2n) is 33.0. The fourth-order valence-electron chi connectivity index (χ4n) is 13.6. The van der Waals surface area contributed by atoms with Crippen molar-refractivity contribution in [3.63, 3.8) is 0 Å². The predicted octanol–water partition coefficient (Wildman–Crippen LogP) is 16.5. The Labute approximate surface area is 692 Å². The minimum atomic E-state index is -1.13. The molecule has 20 heteroatoms. The number of halogens is 1. The van der Waals surface area contributed by atoms with E-state index in [9.17, 15) is 49.2 Å². The zero-order valence-corrected chi connectivity index (χ0v) is 71.3. The molecule has 0 saturated carbocycles. The molecule has 0 aromatic heterocycles. The van der Waals surface area contributed by atoms with E-state index in [0.717, 1.165) is 75.5 Å². The van der Waals surface area contributed by atoms with Crippen molar-refractivity contribution in [2.24, 2.45) is 16.2 Å². The summed E-state index contributed by atoms with van der Waals surface area (Å²) in [4.78, 5) is 79.6. The first-order valence-electron chi connectivity index (χ1n) is 38.7. The number of carbonyl (C=O) groups excluding carboxylic acids is 5. The van der Waals surface area contributed by atoms with Crippen molar-refractivity contribution in [1.82, 2.24) is 14.7 Å². The topological polar surface area (TPSA) is 260 Å². The molecule has 0 radical (unpaired) electrons. The van der Waals surface area contributed by atoms with Gasteiger partial charge in [-0.15, -0.1) is 6.42 Å². The van der Waals surface area contributed by atoms with Gasteiger partial charge in [-0.3, -0.25) is 14.4 Å². The number of carbonyl (C=O) groups is 6. The number of unbranched alkanes of at least 4 members (excludes halogenated alkanes) is 3. The van der Waals surface area contributed by atoms with Gasteiger partial charge in [0, 0.05) is 80.2 Å². The largest absolute Gasteiger partial charge is 1.00 e. The van der Waals surface area contributed by atoms with Crippen molar-refractivity contribution < 1.29 is 92.5 Å². The third kappa shape index (κ3) is 28.4. The van der Waals surface area contributed by atoms with Crippen molar-refractivity contribution in [2.45, 2.75) is 246 Å². The summed E-state index contributed by atoms with van der Waals surface area (Å²) >= 11 is 3.44. The maximum Gasteiger partial charge on any atom is 1.00 e. The van der Waals surface area contributed by atoms with Crippen LogP contribution in [0.25, 0.3) is 0 Å². The number of ketones is 1. The Morgan fingerprint density at radius 3 is 1.08 bits per heavy atom. The van der Waals surface area contributed by atoms with Gasteiger partial charge in [0.25, 0.3) is 0 Å². The van der Waals surface area contributed by atoms with Gasteiger partial charge in [-0.2, -0.15) is 0 Å². The van der Waals surface area contributed by atoms with E-state index in [1.807, 2.05) is 205 Å². The van der Waals surface area contributed by atoms with Crippen molar-refractivity contribution >= 4 is 51.9 Å². The number of hydrogen-bond acceptors (Lipinski definition) is 14. The standard InChI is InChI=1S/C33H43NO4.C28H33NO5.C22H26BrNO3.C10H16O2.Li.H2O/c1-7-8-10-15-29(35)31(3,4)21-20-26-16-18-27(19-17-26)25(2)34-23-22-33(38-30(34)36,24-32(5,6)37)28-13-11-9-12-14-28;1-20(22-13-11-21(12-14-22)15-16-26(2,3)24(30)31)29-18-17-28(34-25(29)32,19-27(4,5)33)23-9-7-6-8-10-23;1-16(17-9-11-19(23)12-10-17)24-14-13-22(27-20(24)25,15-21(2,3)26)18-7-5-4-6-8-18;1-5-7-8-12-9(11)10(3,4)6-2;;/h9,11-14,16-19,25,37H,7-8,10,15,22-24H2,1-6H3;6-14,20,33H,17-19H2,1-5H3,(H,30,31);4-12,16,26H,13-15H2,1-3H3;2H,5,7-8H2,1,3-4H3;;1H2/q;;;;+1;/p-1/t25-,33-;20-,28-;16-,22-;;;/m000.../s1. The van der Waals surface area contributed by atoms with Gasteiger partial charge >= 0.3 is 49.1 Å². The molecule has 3 aliphatic rings. The normalized spacial score (nSPS) is 18.5. The Hall–Kier alpha value is -8.66. The molecule has 6 aromatic carbocycles. The van der Waals surface area contributed by atoms with Gasteiger partial charge in [0.1, 0.15) is 33.4 Å². The summed E-state index contributed by atoms with van der Waals surface area (Å²) < 4.78 is 24.2. The van der Waals surface area contributed by atoms with Gasteiger partial charge in [0.2, 0.25) is 0 Å². The summed E-state index contributed by atoms with van der Waals surface area (Å²) in [6.07, 6.45) is 12.3. The number of amides is 3. The van der Waals surface area contributed by atoms with Crippen LogP contribution in [0.2, 0.25) is 0 Å². The van der Waals surface area contributed by atoms with Gasteiger partial charge in [0.05, 0.1) is 47.0 Å². The van der Waals surface area contributed by atoms with Crippen LogP contribution in [0.1, 0.15) is 257 Å². The van der Waals surface area contributed by atoms with Gasteiger partial charge < -0.3 is 59.5 Å². The van der Waals surface area contributed by atoms with Crippen LogP contribution in [0.4, 0.5) is 14.4 Å². The van der Waals surface area contributed by atoms with E-state index in [-0.39, 0.29) is 66.4 Å². The zero-order chi connectivity index (χ0) is 82.4. The van der Waals surface area contributed by atoms with Crippen molar-refractivity contribution in [3.8, 4) is 36.0 Å². The number of ether oxygens (including phenoxy) is 4. The average Bonchev–Trinajstić information content (AvgIpc) is 0.777. The molecule has 3 saturated heterocycles. The van der Waals surface area contributed by atoms with Crippen LogP contribution in [-0.2, 0) is 50.1 Å². The monoisotopic (exact) mass is 1600 g/mol. The second-order valence-corrected chi connectivity index (χ2v) is 33.9. The number of rotatable bonds is 25. The Morgan fingerprint density at radius 1 is 0.487 bits per heavy atom. The summed E-state index contributed by atoms with van der Waals surface area (Å²) in [5.41, 5.74) is -0.874. The third-order valence-electron chi connectivity index (χ3n) is 20.3. The van der Waals surface area contributed by atoms with E-state index < -0.39 is 61.9 Å². The molecule has 6 atom stereocenters. The molecule has 0 spiro atoms. The molecule has 0 aliphatic carbocycles. The van der Waals surface area contributed by atoms with Gasteiger partial charge in [0.15, 0.2) is 0 Å². The van der Waals surface area contributed by atoms with Crippen molar-refractivity contribution in [3.05, 3.63) is 213 Å². The number of carboxylic acids is 1. The van der Waals surface area contributed by atoms with E-state index in [1.165, 1.54) is 0 Å². The first-order chi connectivity index (χ1) is 51.9. The molecule has 9 rings (SSSR count). The van der Waals surface area contributed by atoms with E-state index in [2.05, 4.69) is 52.5 Å². The van der Waals surface area contributed by atoms with Gasteiger partial charge in [-0.25, -0.2) is 14.4 Å². The number of esters is 1. The SMILES string of the molecule is C#CC(C)(C)C(=O)OCCCC.CCCCCC(=O)C(C)(C)C#Cc1ccc([C@H](C)N2CC[C@](CC(C)(C)O)(c3ccccc3)OC2=O)cc1.C[C@@H](c1ccc(Br)cc1)N1CC[C@](CC(C)(C)O)(c2ccccc2)OC1=O.C[C@@H](c1ccc(C#CC(C)(C)C(=O)O)cc1)N1CC[C@](CC(C)(C)O)(c2ccccc2)OC1=O.[Li+].[OH-]. The minimum absolute atomic E-state index is 0. The molecule has 3 fully saturated rings. The maximum atomic E-state index is 13.3. The minimum Gasteiger partial charge on any atom is -0.870 e. The quantitative estimate of drug-likeness (QED) is 0.0137. The predicted molar refractivity (Wildman–Crippen MR) is 441 cm³/mol. The smallest absolute Gasteiger partial charge is 0.870 e. The van der Waals surface area contributed by atoms with Crippen LogP contribution in [-0.4, -0.2) is 120 Å². The Morgan fingerprint density at radius 2 is 0.796 bits per heavy atom. The van der Waals surface area contributed by atoms with E-state index in [4.69, 9.17) is 25.4 Å². The summed E-state index contributed by atoms with van der Waals surface area (Å²) in [7, 11) is 0. The van der Waals surface area contributed by atoms with E-state index in [0.29, 0.717) is 76.8 Å². The molecular weight excluding hydrogens is 1490 g/mol. The number of hydrogen-bond donors (Lipinski definition) is 4. The molecule has 604 valence electrons. The van der Waals surface area contributed by atoms with Crippen LogP contribution in [0, 0.1) is 52.3 Å². The maximum absolute atomic E-state index is 13.3. The summed E-state index contributed by atoms with van der Waals surface area (Å²) in [5.74, 6) is 13.3. The van der Waals surface area contributed by atoms with E-state index >= 15 is 0 Å². The number of cyclic esters (lactones) is 3. The molecule has 3 amide bonds. The van der Waals surface area contributed by atoms with Crippen molar-refractivity contribution in [2.75, 3.05) is 26.2 Å². The fourth-order valence-corrected chi connectivity index (χ4v) is 13.9. The number of terminal acetylenes is 1. The number of aliphatic hydroxyl groups is 3. The first-order valence-corrected chi connectivity index (χ1v) is 39.5. The fraction of sp³-hybridized carbons (Fsp3) is 0.484. The van der Waals surface area contributed by atoms with Crippen LogP contribution in [0.3, 0.4) is 0 Å². The summed E-state index contributed by atoms with van der Waals surface area (Å²) in [6, 6.07) is 51.8. The summed E-state index contributed by atoms with van der Waals surface area (Å²) in [6.45, 7) is 32.9. The molecule has 5 N–H and O–H groups in total. The van der Waals surface area contributed by atoms with Crippen LogP contribution >= 0.6 is 15.9 Å². The first kappa shape index (κ1) is 96.7. The molecule has 113 heavy (non-hydrogen) atoms. The number of benzene rings is 6. The number of carboxylic acid groups (broad SMARTS) is 1. The second kappa shape index (κ2) is 42.1. The molecular formula is C93H119BrLiN3O15. The van der Waals surface area contributed by atoms with Crippen LogP contribution in [0.5, 0.6) is 0 Å². The Kier molecular flexibility index (Phi) is 36.0. The molecule has 3 heterocycles. The number of Topliss-reactive ketones (excluding diaryl/α,β-unsaturated/α-hetero) is 1. The molecule has 6 aromatic rings. The zero-order valence-electron chi connectivity index (χ0n) is 69.7. The van der Waals surface area contributed by atoms with Crippen molar-refractivity contribution in [1.29, 1.82) is 0 Å². The molecule has 0 unspecified atom stereocenters. The van der Waals surface area contributed by atoms with Crippen LogP contribution < -0.4 is 18.9 Å². The number of nitrogens with zero attached hydrogens (tertiary/aromatic N) is 3. The molecule has 18 nitrogen and oxygen atoms in total. The molecule has 0 bridgehead atoms. The Balaban J connectivity index is 0.000000333. The summed E-state index contributed by atoms with van der Waals surface area (Å²) in [5, 5.41) is 40.8. The molecule has 3 aliphatic heterocycles. The Bertz CT molecular complexity index is 4240. The number of aliphatic carboxylic acids is 1. The van der Waals surface area contributed by atoms with Crippen LogP contribution in [0.15, 0.2) is 168 Å².